The van der Waals surface area contributed by atoms with Crippen LogP contribution in [0.3, 0.4) is 0 Å². The van der Waals surface area contributed by atoms with Crippen LogP contribution in [-0.4, -0.2) is 29.5 Å². The molecule has 0 aromatic heterocycles. The fourth-order valence-electron chi connectivity index (χ4n) is 1.23. The number of aliphatic hydroxyl groups excluding tert-OH is 1. The van der Waals surface area contributed by atoms with Gasteiger partial charge in [0.05, 0.1) is 24.5 Å². The van der Waals surface area contributed by atoms with Crippen LogP contribution in [0, 0.1) is 0 Å². The zero-order valence-electron chi connectivity index (χ0n) is 10.1. The van der Waals surface area contributed by atoms with E-state index in [0.717, 1.165) is 4.90 Å². The smallest absolute Gasteiger partial charge is 0.339 e. The molecular weight excluding hydrogens is 238 g/mol. The first-order valence-corrected chi connectivity index (χ1v) is 6.16. The molecule has 0 saturated carbocycles. The third-order valence-electron chi connectivity index (χ3n) is 2.46. The Morgan fingerprint density at radius 1 is 1.47 bits per heavy atom. The molecule has 1 aromatic carbocycles. The molecule has 0 aliphatic rings. The first-order valence-electron chi connectivity index (χ1n) is 5.29. The molecule has 2 unspecified atom stereocenters. The summed E-state index contributed by atoms with van der Waals surface area (Å²) in [6.07, 6.45) is -0.443. The second-order valence-corrected chi connectivity index (χ2v) is 5.19. The largest absolute Gasteiger partial charge is 0.465 e. The van der Waals surface area contributed by atoms with Crippen LogP contribution in [0.25, 0.3) is 0 Å². The number of nitrogen functional groups attached to an aromatic ring is 1. The molecule has 1 aromatic rings. The molecule has 0 saturated heterocycles. The van der Waals surface area contributed by atoms with Gasteiger partial charge in [-0.05, 0) is 19.1 Å². The van der Waals surface area contributed by atoms with E-state index in [1.807, 2.05) is 13.0 Å². The van der Waals surface area contributed by atoms with Crippen LogP contribution in [0.1, 0.15) is 24.2 Å². The van der Waals surface area contributed by atoms with Crippen molar-refractivity contribution in [3.8, 4) is 0 Å². The second kappa shape index (κ2) is 5.93. The van der Waals surface area contributed by atoms with Crippen molar-refractivity contribution < 1.29 is 14.6 Å². The number of ether oxygens (including phenoxy) is 1. The summed E-state index contributed by atoms with van der Waals surface area (Å²) in [7, 11) is 1.32. The molecule has 0 aliphatic carbocycles. The van der Waals surface area contributed by atoms with Crippen molar-refractivity contribution in [3.05, 3.63) is 23.8 Å². The van der Waals surface area contributed by atoms with Gasteiger partial charge in [-0.25, -0.2) is 4.79 Å². The fraction of sp³-hybridized carbons (Fsp3) is 0.417. The second-order valence-electron chi connectivity index (χ2n) is 3.77. The van der Waals surface area contributed by atoms with Gasteiger partial charge in [-0.15, -0.1) is 11.8 Å². The minimum Gasteiger partial charge on any atom is -0.465 e. The lowest BCUT2D eigenvalue weighted by Crippen LogP contribution is -2.15. The highest BCUT2D eigenvalue weighted by molar-refractivity contribution is 8.00. The van der Waals surface area contributed by atoms with E-state index in [4.69, 9.17) is 5.73 Å². The maximum absolute atomic E-state index is 11.4. The molecule has 3 N–H and O–H groups in total. The molecule has 0 amide bonds. The Labute approximate surface area is 105 Å². The zero-order valence-corrected chi connectivity index (χ0v) is 11.0. The Bertz CT molecular complexity index is 407. The van der Waals surface area contributed by atoms with E-state index in [1.54, 1.807) is 19.1 Å². The van der Waals surface area contributed by atoms with Crippen molar-refractivity contribution in [1.82, 2.24) is 0 Å². The number of benzene rings is 1. The Morgan fingerprint density at radius 2 is 2.12 bits per heavy atom. The normalized spacial score (nSPS) is 14.1. The molecule has 94 valence electrons. The summed E-state index contributed by atoms with van der Waals surface area (Å²) in [5.74, 6) is -0.449. The lowest BCUT2D eigenvalue weighted by Gasteiger charge is -2.16. The average Bonchev–Trinajstić information content (AvgIpc) is 2.30. The van der Waals surface area contributed by atoms with E-state index < -0.39 is 12.1 Å². The van der Waals surface area contributed by atoms with Crippen LogP contribution in [0.15, 0.2) is 23.1 Å². The van der Waals surface area contributed by atoms with Gasteiger partial charge in [-0.1, -0.05) is 13.0 Å². The van der Waals surface area contributed by atoms with Crippen LogP contribution in [0.2, 0.25) is 0 Å². The minimum atomic E-state index is -0.449. The number of carbonyl (C=O) groups is 1. The summed E-state index contributed by atoms with van der Waals surface area (Å²) in [5.41, 5.74) is 6.66. The van der Waals surface area contributed by atoms with Crippen molar-refractivity contribution in [1.29, 1.82) is 0 Å². The Kier molecular flexibility index (Phi) is 4.84. The van der Waals surface area contributed by atoms with E-state index in [2.05, 4.69) is 4.74 Å². The van der Waals surface area contributed by atoms with Gasteiger partial charge in [0.15, 0.2) is 0 Å². The van der Waals surface area contributed by atoms with Gasteiger partial charge in [-0.2, -0.15) is 0 Å². The van der Waals surface area contributed by atoms with Crippen LogP contribution >= 0.6 is 11.8 Å². The van der Waals surface area contributed by atoms with E-state index in [0.29, 0.717) is 11.3 Å². The Balaban J connectivity index is 2.98. The molecular formula is C12H17NO3S. The molecule has 0 fully saturated rings. The van der Waals surface area contributed by atoms with Crippen molar-refractivity contribution in [3.63, 3.8) is 0 Å². The lowest BCUT2D eigenvalue weighted by atomic mass is 10.2. The highest BCUT2D eigenvalue weighted by atomic mass is 32.2. The molecule has 0 bridgehead atoms. The predicted molar refractivity (Wildman–Crippen MR) is 69.2 cm³/mol. The zero-order chi connectivity index (χ0) is 13.0. The van der Waals surface area contributed by atoms with E-state index in [-0.39, 0.29) is 5.25 Å². The number of para-hydroxylation sites is 1. The molecule has 0 radical (unpaired) electrons. The summed E-state index contributed by atoms with van der Waals surface area (Å²) < 4.78 is 4.65. The number of hydrogen-bond donors (Lipinski definition) is 2. The number of rotatable bonds is 4. The van der Waals surface area contributed by atoms with Crippen molar-refractivity contribution in [2.24, 2.45) is 0 Å². The molecule has 1 rings (SSSR count). The van der Waals surface area contributed by atoms with Crippen LogP contribution < -0.4 is 5.73 Å². The van der Waals surface area contributed by atoms with E-state index in [1.165, 1.54) is 18.9 Å². The first kappa shape index (κ1) is 13.9. The molecule has 4 nitrogen and oxygen atoms in total. The summed E-state index contributed by atoms with van der Waals surface area (Å²) >= 11 is 1.44. The van der Waals surface area contributed by atoms with E-state index in [9.17, 15) is 9.90 Å². The molecule has 17 heavy (non-hydrogen) atoms. The number of esters is 1. The predicted octanol–water partition coefficient (Wildman–Crippen LogP) is 1.92. The summed E-state index contributed by atoms with van der Waals surface area (Å²) in [5, 5.41) is 9.45. The summed E-state index contributed by atoms with van der Waals surface area (Å²) in [6, 6.07) is 5.20. The maximum atomic E-state index is 11.4. The SMILES string of the molecule is COC(=O)c1cccc(SC(C)C(C)O)c1N. The maximum Gasteiger partial charge on any atom is 0.339 e. The van der Waals surface area contributed by atoms with Crippen LogP contribution in [0.4, 0.5) is 5.69 Å². The Hall–Kier alpha value is -1.20. The third-order valence-corrected chi connectivity index (χ3v) is 3.84. The number of carbonyl (C=O) groups excluding carboxylic acids is 1. The van der Waals surface area contributed by atoms with E-state index >= 15 is 0 Å². The number of anilines is 1. The number of hydrogen-bond acceptors (Lipinski definition) is 5. The van der Waals surface area contributed by atoms with Gasteiger partial charge in [0.2, 0.25) is 0 Å². The average molecular weight is 255 g/mol. The van der Waals surface area contributed by atoms with Gasteiger partial charge in [0.25, 0.3) is 0 Å². The summed E-state index contributed by atoms with van der Waals surface area (Å²) in [4.78, 5) is 12.2. The third kappa shape index (κ3) is 3.38. The van der Waals surface area contributed by atoms with Gasteiger partial charge >= 0.3 is 5.97 Å². The number of methoxy groups -OCH3 is 1. The van der Waals surface area contributed by atoms with Crippen LogP contribution in [0.5, 0.6) is 0 Å². The Morgan fingerprint density at radius 3 is 2.65 bits per heavy atom. The number of aliphatic hydroxyl groups is 1. The highest BCUT2D eigenvalue weighted by Gasteiger charge is 2.16. The first-order chi connectivity index (χ1) is 7.97. The molecule has 0 heterocycles. The minimum absolute atomic E-state index is 0.00481. The van der Waals surface area contributed by atoms with Gasteiger partial charge in [0.1, 0.15) is 0 Å². The fourth-order valence-corrected chi connectivity index (χ4v) is 2.23. The van der Waals surface area contributed by atoms with Crippen molar-refractivity contribution in [2.45, 2.75) is 30.1 Å². The summed E-state index contributed by atoms with van der Waals surface area (Å²) in [6.45, 7) is 3.62. The van der Waals surface area contributed by atoms with Crippen molar-refractivity contribution >= 4 is 23.4 Å². The molecule has 0 spiro atoms. The standard InChI is InChI=1S/C12H17NO3S/c1-7(14)8(2)17-10-6-4-5-9(11(10)13)12(15)16-3/h4-8,14H,13H2,1-3H3. The molecule has 5 heteroatoms. The molecule has 0 aliphatic heterocycles. The monoisotopic (exact) mass is 255 g/mol. The lowest BCUT2D eigenvalue weighted by molar-refractivity contribution is 0.0601. The number of nitrogens with two attached hydrogens (primary N) is 1. The van der Waals surface area contributed by atoms with Gasteiger partial charge < -0.3 is 15.6 Å². The quantitative estimate of drug-likeness (QED) is 0.488. The van der Waals surface area contributed by atoms with Gasteiger partial charge in [-0.3, -0.25) is 0 Å². The van der Waals surface area contributed by atoms with Crippen LogP contribution in [-0.2, 0) is 4.74 Å². The topological polar surface area (TPSA) is 72.5 Å². The number of thioether (sulfide) groups is 1. The van der Waals surface area contributed by atoms with Gasteiger partial charge in [0, 0.05) is 10.1 Å². The highest BCUT2D eigenvalue weighted by Crippen LogP contribution is 2.32. The molecule has 2 atom stereocenters. The van der Waals surface area contributed by atoms with Crippen molar-refractivity contribution in [2.75, 3.05) is 12.8 Å².